The van der Waals surface area contributed by atoms with E-state index >= 15 is 0 Å². The summed E-state index contributed by atoms with van der Waals surface area (Å²) in [5, 5.41) is 6.83. The minimum Gasteiger partial charge on any atom is -0.497 e. The van der Waals surface area contributed by atoms with Crippen LogP contribution in [0.2, 0.25) is 0 Å². The van der Waals surface area contributed by atoms with Crippen LogP contribution in [0.5, 0.6) is 11.5 Å². The van der Waals surface area contributed by atoms with Crippen molar-refractivity contribution >= 4 is 23.0 Å². The van der Waals surface area contributed by atoms with Gasteiger partial charge in [-0.05, 0) is 30.3 Å². The smallest absolute Gasteiger partial charge is 0.170 e. The Morgan fingerprint density at radius 3 is 2.56 bits per heavy atom. The first-order valence-electron chi connectivity index (χ1n) is 5.83. The van der Waals surface area contributed by atoms with Gasteiger partial charge in [-0.2, -0.15) is 0 Å². The van der Waals surface area contributed by atoms with Crippen LogP contribution in [0, 0.1) is 5.92 Å². The molecule has 100 valence electrons. The van der Waals surface area contributed by atoms with Crippen LogP contribution < -0.4 is 20.1 Å². The van der Waals surface area contributed by atoms with Crippen LogP contribution in [-0.2, 0) is 0 Å². The van der Waals surface area contributed by atoms with Crippen molar-refractivity contribution < 1.29 is 9.47 Å². The van der Waals surface area contributed by atoms with E-state index in [2.05, 4.69) is 24.5 Å². The third-order valence-electron chi connectivity index (χ3n) is 2.33. The van der Waals surface area contributed by atoms with Gasteiger partial charge in [0.15, 0.2) is 5.11 Å². The Bertz CT molecular complexity index is 408. The first-order chi connectivity index (χ1) is 8.56. The zero-order valence-corrected chi connectivity index (χ0v) is 12.1. The van der Waals surface area contributed by atoms with Gasteiger partial charge in [0.25, 0.3) is 0 Å². The molecule has 4 nitrogen and oxygen atoms in total. The van der Waals surface area contributed by atoms with Gasteiger partial charge in [-0.15, -0.1) is 0 Å². The molecule has 2 N–H and O–H groups in total. The summed E-state index contributed by atoms with van der Waals surface area (Å²) in [6, 6.07) is 5.53. The van der Waals surface area contributed by atoms with Gasteiger partial charge in [0.05, 0.1) is 19.9 Å². The summed E-state index contributed by atoms with van der Waals surface area (Å²) in [5.41, 5.74) is 0.790. The lowest BCUT2D eigenvalue weighted by Crippen LogP contribution is -2.31. The van der Waals surface area contributed by atoms with E-state index in [0.29, 0.717) is 11.0 Å². The van der Waals surface area contributed by atoms with Crippen LogP contribution in [0.25, 0.3) is 0 Å². The lowest BCUT2D eigenvalue weighted by atomic mass is 10.2. The summed E-state index contributed by atoms with van der Waals surface area (Å²) < 4.78 is 10.4. The molecule has 0 heterocycles. The molecule has 0 fully saturated rings. The summed E-state index contributed by atoms with van der Waals surface area (Å²) in [7, 11) is 3.25. The quantitative estimate of drug-likeness (QED) is 0.804. The molecule has 0 aliphatic carbocycles. The molecule has 0 aliphatic rings. The average molecular weight is 268 g/mol. The largest absolute Gasteiger partial charge is 0.497 e. The molecule has 0 atom stereocenters. The topological polar surface area (TPSA) is 42.5 Å². The average Bonchev–Trinajstić information content (AvgIpc) is 2.36. The van der Waals surface area contributed by atoms with Crippen LogP contribution in [0.15, 0.2) is 18.2 Å². The normalized spacial score (nSPS) is 10.1. The van der Waals surface area contributed by atoms with Crippen LogP contribution in [0.3, 0.4) is 0 Å². The van der Waals surface area contributed by atoms with Crippen LogP contribution >= 0.6 is 12.2 Å². The van der Waals surface area contributed by atoms with E-state index in [4.69, 9.17) is 21.7 Å². The lowest BCUT2D eigenvalue weighted by Gasteiger charge is -2.15. The van der Waals surface area contributed by atoms with Crippen molar-refractivity contribution in [2.24, 2.45) is 5.92 Å². The fraction of sp³-hybridized carbons (Fsp3) is 0.462. The molecule has 1 aromatic carbocycles. The van der Waals surface area contributed by atoms with E-state index in [1.807, 2.05) is 18.2 Å². The number of benzene rings is 1. The molecule has 0 aromatic heterocycles. The Balaban J connectivity index is 2.72. The predicted octanol–water partition coefficient (Wildman–Crippen LogP) is 2.65. The number of hydrogen-bond acceptors (Lipinski definition) is 3. The minimum absolute atomic E-state index is 0.539. The van der Waals surface area contributed by atoms with Crippen molar-refractivity contribution in [3.05, 3.63) is 18.2 Å². The Labute approximate surface area is 114 Å². The fourth-order valence-electron chi connectivity index (χ4n) is 1.38. The van der Waals surface area contributed by atoms with E-state index in [1.165, 1.54) is 0 Å². The van der Waals surface area contributed by atoms with E-state index in [9.17, 15) is 0 Å². The van der Waals surface area contributed by atoms with Gasteiger partial charge in [-0.25, -0.2) is 0 Å². The second kappa shape index (κ2) is 7.06. The SMILES string of the molecule is COc1ccc(OC)c(NC(=S)NCC(C)C)c1. The summed E-state index contributed by atoms with van der Waals surface area (Å²) in [5.74, 6) is 2.02. The summed E-state index contributed by atoms with van der Waals surface area (Å²) in [6.45, 7) is 5.08. The zero-order valence-electron chi connectivity index (χ0n) is 11.2. The molecule has 0 aliphatic heterocycles. The second-order valence-corrected chi connectivity index (χ2v) is 4.70. The molecule has 0 amide bonds. The molecule has 0 saturated heterocycles. The van der Waals surface area contributed by atoms with Crippen molar-refractivity contribution in [2.45, 2.75) is 13.8 Å². The Hall–Kier alpha value is -1.49. The summed E-state index contributed by atoms with van der Waals surface area (Å²) >= 11 is 5.22. The summed E-state index contributed by atoms with van der Waals surface area (Å²) in [4.78, 5) is 0. The number of thiocarbonyl (C=S) groups is 1. The molecular weight excluding hydrogens is 248 g/mol. The highest BCUT2D eigenvalue weighted by molar-refractivity contribution is 7.80. The predicted molar refractivity (Wildman–Crippen MR) is 78.6 cm³/mol. The molecule has 0 radical (unpaired) electrons. The van der Waals surface area contributed by atoms with Crippen molar-refractivity contribution in [3.8, 4) is 11.5 Å². The monoisotopic (exact) mass is 268 g/mol. The Morgan fingerprint density at radius 2 is 2.00 bits per heavy atom. The Kier molecular flexibility index (Phi) is 5.71. The highest BCUT2D eigenvalue weighted by atomic mass is 32.1. The number of ether oxygens (including phenoxy) is 2. The van der Waals surface area contributed by atoms with E-state index in [-0.39, 0.29) is 0 Å². The molecule has 0 saturated carbocycles. The van der Waals surface area contributed by atoms with Crippen molar-refractivity contribution in [1.82, 2.24) is 5.32 Å². The lowest BCUT2D eigenvalue weighted by molar-refractivity contribution is 0.405. The maximum atomic E-state index is 5.27. The molecular formula is C13H20N2O2S. The van der Waals surface area contributed by atoms with Gasteiger partial charge in [0, 0.05) is 12.6 Å². The maximum Gasteiger partial charge on any atom is 0.170 e. The van der Waals surface area contributed by atoms with Crippen LogP contribution in [-0.4, -0.2) is 25.9 Å². The van der Waals surface area contributed by atoms with E-state index in [1.54, 1.807) is 14.2 Å². The van der Waals surface area contributed by atoms with Gasteiger partial charge in [0.1, 0.15) is 11.5 Å². The third-order valence-corrected chi connectivity index (χ3v) is 2.57. The molecule has 1 aromatic rings. The number of rotatable bonds is 5. The summed E-state index contributed by atoms with van der Waals surface area (Å²) in [6.07, 6.45) is 0. The molecule has 0 bridgehead atoms. The van der Waals surface area contributed by atoms with Crippen molar-refractivity contribution in [2.75, 3.05) is 26.1 Å². The van der Waals surface area contributed by atoms with E-state index < -0.39 is 0 Å². The van der Waals surface area contributed by atoms with Crippen molar-refractivity contribution in [1.29, 1.82) is 0 Å². The highest BCUT2D eigenvalue weighted by Gasteiger charge is 2.06. The van der Waals surface area contributed by atoms with E-state index in [0.717, 1.165) is 23.7 Å². The first kappa shape index (κ1) is 14.6. The highest BCUT2D eigenvalue weighted by Crippen LogP contribution is 2.28. The van der Waals surface area contributed by atoms with Gasteiger partial charge in [-0.1, -0.05) is 13.8 Å². The van der Waals surface area contributed by atoms with Gasteiger partial charge in [0.2, 0.25) is 0 Å². The second-order valence-electron chi connectivity index (χ2n) is 4.30. The number of methoxy groups -OCH3 is 2. The van der Waals surface area contributed by atoms with Gasteiger partial charge >= 0.3 is 0 Å². The minimum atomic E-state index is 0.539. The molecule has 0 spiro atoms. The molecule has 18 heavy (non-hydrogen) atoms. The van der Waals surface area contributed by atoms with Gasteiger partial charge in [-0.3, -0.25) is 0 Å². The zero-order chi connectivity index (χ0) is 13.5. The molecule has 1 rings (SSSR count). The standard InChI is InChI=1S/C13H20N2O2S/c1-9(2)8-14-13(18)15-11-7-10(16-3)5-6-12(11)17-4/h5-7,9H,8H2,1-4H3,(H2,14,15,18). The van der Waals surface area contributed by atoms with Crippen molar-refractivity contribution in [3.63, 3.8) is 0 Å². The number of nitrogens with one attached hydrogen (secondary N) is 2. The number of hydrogen-bond donors (Lipinski definition) is 2. The molecule has 5 heteroatoms. The Morgan fingerprint density at radius 1 is 1.28 bits per heavy atom. The fourth-order valence-corrected chi connectivity index (χ4v) is 1.57. The maximum absolute atomic E-state index is 5.27. The van der Waals surface area contributed by atoms with Gasteiger partial charge < -0.3 is 20.1 Å². The van der Waals surface area contributed by atoms with Crippen LogP contribution in [0.1, 0.15) is 13.8 Å². The first-order valence-corrected chi connectivity index (χ1v) is 6.24. The number of anilines is 1. The third kappa shape index (κ3) is 4.41. The molecule has 0 unspecified atom stereocenters. The van der Waals surface area contributed by atoms with Crippen LogP contribution in [0.4, 0.5) is 5.69 Å².